The molecule has 1 amide bonds. The molecule has 2 rings (SSSR count). The van der Waals surface area contributed by atoms with Crippen LogP contribution >= 0.6 is 0 Å². The number of benzene rings is 1. The van der Waals surface area contributed by atoms with E-state index in [-0.39, 0.29) is 5.91 Å². The fourth-order valence-electron chi connectivity index (χ4n) is 2.19. The summed E-state index contributed by atoms with van der Waals surface area (Å²) in [6, 6.07) is 6.47. The van der Waals surface area contributed by atoms with Crippen LogP contribution in [0.25, 0.3) is 0 Å². The number of rotatable bonds is 2. The van der Waals surface area contributed by atoms with E-state index in [4.69, 9.17) is 0 Å². The van der Waals surface area contributed by atoms with Gasteiger partial charge in [-0.1, -0.05) is 29.3 Å². The summed E-state index contributed by atoms with van der Waals surface area (Å²) in [5.74, 6) is 0.199. The number of hydrogen-bond acceptors (Lipinski definition) is 2. The van der Waals surface area contributed by atoms with Gasteiger partial charge in [-0.25, -0.2) is 0 Å². The predicted molar refractivity (Wildman–Crippen MR) is 64.2 cm³/mol. The summed E-state index contributed by atoms with van der Waals surface area (Å²) in [7, 11) is 0. The molecule has 0 aliphatic carbocycles. The van der Waals surface area contributed by atoms with Crippen LogP contribution in [0.15, 0.2) is 18.2 Å². The fraction of sp³-hybridized carbons (Fsp3) is 0.462. The molecule has 1 saturated heterocycles. The van der Waals surface area contributed by atoms with Crippen molar-refractivity contribution in [2.75, 3.05) is 19.6 Å². The maximum absolute atomic E-state index is 11.6. The minimum atomic E-state index is 0.199. The average Bonchev–Trinajstić information content (AvgIpc) is 2.20. The number of hydrogen-bond donors (Lipinski definition) is 1. The van der Waals surface area contributed by atoms with Gasteiger partial charge in [0.25, 0.3) is 0 Å². The molecular weight excluding hydrogens is 200 g/mol. The molecule has 1 aromatic rings. The Balaban J connectivity index is 2.10. The zero-order valence-electron chi connectivity index (χ0n) is 9.92. The number of piperazine rings is 1. The van der Waals surface area contributed by atoms with Crippen LogP contribution in [0.1, 0.15) is 16.7 Å². The van der Waals surface area contributed by atoms with Crippen molar-refractivity contribution in [3.8, 4) is 0 Å². The first-order valence-corrected chi connectivity index (χ1v) is 5.71. The summed E-state index contributed by atoms with van der Waals surface area (Å²) in [4.78, 5) is 13.6. The van der Waals surface area contributed by atoms with Crippen molar-refractivity contribution in [1.82, 2.24) is 10.2 Å². The zero-order chi connectivity index (χ0) is 11.5. The summed E-state index contributed by atoms with van der Waals surface area (Å²) < 4.78 is 0. The van der Waals surface area contributed by atoms with Crippen molar-refractivity contribution >= 4 is 5.91 Å². The lowest BCUT2D eigenvalue weighted by Gasteiger charge is -2.27. The highest BCUT2D eigenvalue weighted by molar-refractivity contribution is 5.79. The van der Waals surface area contributed by atoms with E-state index in [0.29, 0.717) is 6.54 Å². The number of carbonyl (C=O) groups excluding carboxylic acids is 1. The maximum Gasteiger partial charge on any atom is 0.236 e. The second-order valence-corrected chi connectivity index (χ2v) is 4.49. The Bertz CT molecular complexity index is 381. The number of aryl methyl sites for hydroxylation is 2. The van der Waals surface area contributed by atoms with Crippen LogP contribution in [0.3, 0.4) is 0 Å². The van der Waals surface area contributed by atoms with Gasteiger partial charge in [0.2, 0.25) is 5.91 Å². The van der Waals surface area contributed by atoms with Gasteiger partial charge in [0, 0.05) is 19.6 Å². The summed E-state index contributed by atoms with van der Waals surface area (Å²) in [5, 5.41) is 3.08. The normalized spacial score (nSPS) is 16.6. The van der Waals surface area contributed by atoms with E-state index in [9.17, 15) is 4.79 Å². The molecule has 1 N–H and O–H groups in total. The Morgan fingerprint density at radius 3 is 2.56 bits per heavy atom. The number of nitrogens with zero attached hydrogens (tertiary/aromatic N) is 1. The number of amides is 1. The van der Waals surface area contributed by atoms with Crippen LogP contribution in [-0.2, 0) is 11.3 Å². The molecule has 0 saturated carbocycles. The van der Waals surface area contributed by atoms with E-state index in [2.05, 4.69) is 37.4 Å². The summed E-state index contributed by atoms with van der Waals surface area (Å²) >= 11 is 0. The van der Waals surface area contributed by atoms with Crippen LogP contribution in [0.5, 0.6) is 0 Å². The smallest absolute Gasteiger partial charge is 0.236 e. The Labute approximate surface area is 96.5 Å². The highest BCUT2D eigenvalue weighted by atomic mass is 16.2. The van der Waals surface area contributed by atoms with E-state index < -0.39 is 0 Å². The van der Waals surface area contributed by atoms with Crippen LogP contribution in [0.4, 0.5) is 0 Å². The minimum Gasteiger partial charge on any atom is -0.336 e. The van der Waals surface area contributed by atoms with Crippen molar-refractivity contribution in [2.45, 2.75) is 20.4 Å². The molecule has 1 aliphatic rings. The van der Waals surface area contributed by atoms with Crippen molar-refractivity contribution in [1.29, 1.82) is 0 Å². The van der Waals surface area contributed by atoms with Crippen LogP contribution in [0, 0.1) is 13.8 Å². The molecule has 3 heteroatoms. The first-order chi connectivity index (χ1) is 7.65. The van der Waals surface area contributed by atoms with Crippen molar-refractivity contribution < 1.29 is 4.79 Å². The Hall–Kier alpha value is -1.35. The van der Waals surface area contributed by atoms with Gasteiger partial charge in [0.15, 0.2) is 0 Å². The standard InChI is InChI=1S/C13H18N2O/c1-10-5-11(2)7-12(6-10)9-15-4-3-14-8-13(15)16/h5-7,14H,3-4,8-9H2,1-2H3. The van der Waals surface area contributed by atoms with Gasteiger partial charge < -0.3 is 10.2 Å². The van der Waals surface area contributed by atoms with Gasteiger partial charge in [0.1, 0.15) is 0 Å². The Morgan fingerprint density at radius 1 is 1.25 bits per heavy atom. The lowest BCUT2D eigenvalue weighted by Crippen LogP contribution is -2.47. The summed E-state index contributed by atoms with van der Waals surface area (Å²) in [5.41, 5.74) is 3.75. The Morgan fingerprint density at radius 2 is 1.94 bits per heavy atom. The summed E-state index contributed by atoms with van der Waals surface area (Å²) in [6.45, 7) is 7.11. The molecule has 0 radical (unpaired) electrons. The maximum atomic E-state index is 11.6. The lowest BCUT2D eigenvalue weighted by atomic mass is 10.1. The van der Waals surface area contributed by atoms with E-state index >= 15 is 0 Å². The van der Waals surface area contributed by atoms with E-state index in [0.717, 1.165) is 19.6 Å². The van der Waals surface area contributed by atoms with Crippen molar-refractivity contribution in [2.24, 2.45) is 0 Å². The fourth-order valence-corrected chi connectivity index (χ4v) is 2.19. The lowest BCUT2D eigenvalue weighted by molar-refractivity contribution is -0.132. The van der Waals surface area contributed by atoms with Gasteiger partial charge in [-0.2, -0.15) is 0 Å². The zero-order valence-corrected chi connectivity index (χ0v) is 9.92. The second-order valence-electron chi connectivity index (χ2n) is 4.49. The third kappa shape index (κ3) is 2.61. The van der Waals surface area contributed by atoms with Gasteiger partial charge >= 0.3 is 0 Å². The molecule has 1 aromatic carbocycles. The third-order valence-corrected chi connectivity index (χ3v) is 2.84. The minimum absolute atomic E-state index is 0.199. The highest BCUT2D eigenvalue weighted by Gasteiger charge is 2.17. The first-order valence-electron chi connectivity index (χ1n) is 5.71. The second kappa shape index (κ2) is 4.66. The Kier molecular flexibility index (Phi) is 3.25. The SMILES string of the molecule is Cc1cc(C)cc(CN2CCNCC2=O)c1. The average molecular weight is 218 g/mol. The van der Waals surface area contributed by atoms with E-state index in [1.807, 2.05) is 4.90 Å². The topological polar surface area (TPSA) is 32.3 Å². The van der Waals surface area contributed by atoms with Crippen LogP contribution < -0.4 is 5.32 Å². The largest absolute Gasteiger partial charge is 0.336 e. The van der Waals surface area contributed by atoms with Crippen LogP contribution in [-0.4, -0.2) is 30.4 Å². The van der Waals surface area contributed by atoms with Gasteiger partial charge in [-0.15, -0.1) is 0 Å². The van der Waals surface area contributed by atoms with E-state index in [1.54, 1.807) is 0 Å². The molecule has 0 aromatic heterocycles. The summed E-state index contributed by atoms with van der Waals surface area (Å²) in [6.07, 6.45) is 0. The number of carbonyl (C=O) groups is 1. The molecule has 0 spiro atoms. The highest BCUT2D eigenvalue weighted by Crippen LogP contribution is 2.12. The van der Waals surface area contributed by atoms with Gasteiger partial charge in [0.05, 0.1) is 6.54 Å². The van der Waals surface area contributed by atoms with Gasteiger partial charge in [-0.3, -0.25) is 4.79 Å². The molecule has 0 unspecified atom stereocenters. The monoisotopic (exact) mass is 218 g/mol. The molecule has 0 bridgehead atoms. The molecule has 1 fully saturated rings. The van der Waals surface area contributed by atoms with Crippen molar-refractivity contribution in [3.63, 3.8) is 0 Å². The molecule has 16 heavy (non-hydrogen) atoms. The molecule has 3 nitrogen and oxygen atoms in total. The first kappa shape index (κ1) is 11.1. The predicted octanol–water partition coefficient (Wildman–Crippen LogP) is 1.24. The quantitative estimate of drug-likeness (QED) is 0.810. The molecule has 0 atom stereocenters. The van der Waals surface area contributed by atoms with Gasteiger partial charge in [-0.05, 0) is 19.4 Å². The molecule has 1 aliphatic heterocycles. The number of nitrogens with one attached hydrogen (secondary N) is 1. The van der Waals surface area contributed by atoms with E-state index in [1.165, 1.54) is 16.7 Å². The molecule has 1 heterocycles. The van der Waals surface area contributed by atoms with Crippen LogP contribution in [0.2, 0.25) is 0 Å². The molecule has 86 valence electrons. The molecular formula is C13H18N2O. The third-order valence-electron chi connectivity index (χ3n) is 2.84. The van der Waals surface area contributed by atoms with Crippen molar-refractivity contribution in [3.05, 3.63) is 34.9 Å².